The summed E-state index contributed by atoms with van der Waals surface area (Å²) in [5.41, 5.74) is 2.77. The number of hydrogen-bond donors (Lipinski definition) is 2. The molecule has 0 aliphatic rings. The van der Waals surface area contributed by atoms with Gasteiger partial charge in [-0.15, -0.1) is 5.10 Å². The normalized spacial score (nSPS) is 11.4. The van der Waals surface area contributed by atoms with Crippen LogP contribution in [0.25, 0.3) is 16.7 Å². The van der Waals surface area contributed by atoms with Gasteiger partial charge in [0.1, 0.15) is 0 Å². The fraction of sp³-hybridized carbons (Fsp3) is 0.240. The van der Waals surface area contributed by atoms with Crippen LogP contribution in [0.3, 0.4) is 0 Å². The van der Waals surface area contributed by atoms with Gasteiger partial charge in [-0.25, -0.2) is 4.68 Å². The van der Waals surface area contributed by atoms with E-state index in [1.807, 2.05) is 52.0 Å². The van der Waals surface area contributed by atoms with Gasteiger partial charge in [0.15, 0.2) is 5.82 Å². The number of carbonyl (C=O) groups is 2. The van der Waals surface area contributed by atoms with Crippen molar-refractivity contribution in [3.63, 3.8) is 0 Å². The van der Waals surface area contributed by atoms with Crippen LogP contribution in [0.5, 0.6) is 0 Å². The number of fused-ring (bicyclic) bond motifs is 1. The molecular weight excluding hydrogens is 452 g/mol. The summed E-state index contributed by atoms with van der Waals surface area (Å²) in [6, 6.07) is 14.4. The van der Waals surface area contributed by atoms with Gasteiger partial charge in [-0.1, -0.05) is 44.5 Å². The van der Waals surface area contributed by atoms with E-state index in [1.54, 1.807) is 35.1 Å². The Hall–Kier alpha value is -3.78. The fourth-order valence-corrected chi connectivity index (χ4v) is 3.54. The Balaban J connectivity index is 1.57. The summed E-state index contributed by atoms with van der Waals surface area (Å²) in [4.78, 5) is 25.3. The van der Waals surface area contributed by atoms with Crippen LogP contribution in [-0.4, -0.2) is 31.8 Å². The second kappa shape index (κ2) is 9.23. The maximum absolute atomic E-state index is 13.1. The van der Waals surface area contributed by atoms with Gasteiger partial charge < -0.3 is 10.6 Å². The molecule has 4 aromatic rings. The molecule has 0 atom stereocenters. The predicted octanol–water partition coefficient (Wildman–Crippen LogP) is 4.69. The van der Waals surface area contributed by atoms with Gasteiger partial charge in [0.25, 0.3) is 5.91 Å². The average molecular weight is 477 g/mol. The summed E-state index contributed by atoms with van der Waals surface area (Å²) in [7, 11) is 0. The first-order chi connectivity index (χ1) is 16.1. The molecule has 0 saturated heterocycles. The number of rotatable bonds is 5. The van der Waals surface area contributed by atoms with E-state index in [-0.39, 0.29) is 11.8 Å². The van der Waals surface area contributed by atoms with Crippen molar-refractivity contribution in [3.8, 4) is 5.82 Å². The van der Waals surface area contributed by atoms with Gasteiger partial charge in [-0.2, -0.15) is 10.2 Å². The fourth-order valence-electron chi connectivity index (χ4n) is 3.34. The lowest BCUT2D eigenvalue weighted by Gasteiger charge is -2.18. The molecule has 8 nitrogen and oxygen atoms in total. The van der Waals surface area contributed by atoms with Crippen LogP contribution < -0.4 is 10.6 Å². The largest absolute Gasteiger partial charge is 0.352 e. The van der Waals surface area contributed by atoms with E-state index < -0.39 is 5.41 Å². The molecule has 0 fully saturated rings. The van der Waals surface area contributed by atoms with Crippen molar-refractivity contribution in [2.24, 2.45) is 5.41 Å². The first-order valence-electron chi connectivity index (χ1n) is 10.8. The minimum absolute atomic E-state index is 0.0737. The molecule has 0 bridgehead atoms. The highest BCUT2D eigenvalue weighted by atomic mass is 35.5. The number of aryl methyl sites for hydroxylation is 1. The molecule has 0 aliphatic carbocycles. The number of amides is 2. The zero-order chi connectivity index (χ0) is 24.5. The summed E-state index contributed by atoms with van der Waals surface area (Å²) in [5.74, 6) is 0.150. The van der Waals surface area contributed by atoms with Crippen LogP contribution in [0.4, 0.5) is 5.69 Å². The minimum atomic E-state index is -0.500. The molecule has 34 heavy (non-hydrogen) atoms. The summed E-state index contributed by atoms with van der Waals surface area (Å²) < 4.78 is 1.67. The molecule has 0 saturated carbocycles. The number of halogens is 1. The smallest absolute Gasteiger partial charge is 0.257 e. The topological polar surface area (TPSA) is 102 Å². The summed E-state index contributed by atoms with van der Waals surface area (Å²) >= 11 is 6.33. The molecule has 174 valence electrons. The molecule has 0 radical (unpaired) electrons. The lowest BCUT2D eigenvalue weighted by molar-refractivity contribution is -0.128. The Morgan fingerprint density at radius 2 is 1.85 bits per heavy atom. The summed E-state index contributed by atoms with van der Waals surface area (Å²) in [6.45, 7) is 7.70. The minimum Gasteiger partial charge on any atom is -0.352 e. The molecule has 2 heterocycles. The third-order valence-corrected chi connectivity index (χ3v) is 5.60. The van der Waals surface area contributed by atoms with Crippen molar-refractivity contribution < 1.29 is 9.59 Å². The van der Waals surface area contributed by atoms with Gasteiger partial charge in [-0.3, -0.25) is 9.59 Å². The Morgan fingerprint density at radius 1 is 1.06 bits per heavy atom. The van der Waals surface area contributed by atoms with E-state index in [4.69, 9.17) is 11.6 Å². The highest BCUT2D eigenvalue weighted by molar-refractivity contribution is 6.34. The van der Waals surface area contributed by atoms with Crippen LogP contribution >= 0.6 is 11.6 Å². The summed E-state index contributed by atoms with van der Waals surface area (Å²) in [6.07, 6.45) is 1.67. The van der Waals surface area contributed by atoms with Crippen molar-refractivity contribution in [3.05, 3.63) is 76.6 Å². The highest BCUT2D eigenvalue weighted by Crippen LogP contribution is 2.27. The molecule has 9 heteroatoms. The number of benzene rings is 2. The third kappa shape index (κ3) is 4.92. The number of nitrogens with zero attached hydrogens (tertiary/aromatic N) is 4. The number of hydrogen-bond acceptors (Lipinski definition) is 5. The van der Waals surface area contributed by atoms with Gasteiger partial charge in [0.2, 0.25) is 5.91 Å². The van der Waals surface area contributed by atoms with Crippen molar-refractivity contribution >= 4 is 40.0 Å². The molecule has 4 rings (SSSR count). The molecule has 0 aliphatic heterocycles. The van der Waals surface area contributed by atoms with Crippen LogP contribution in [0.1, 0.15) is 42.4 Å². The lowest BCUT2D eigenvalue weighted by atomic mass is 9.95. The van der Waals surface area contributed by atoms with Crippen LogP contribution in [0.2, 0.25) is 5.02 Å². The molecule has 0 spiro atoms. The quantitative estimate of drug-likeness (QED) is 0.435. The Labute approximate surface area is 202 Å². The van der Waals surface area contributed by atoms with Crippen LogP contribution in [0, 0.1) is 12.3 Å². The van der Waals surface area contributed by atoms with Crippen LogP contribution in [0.15, 0.2) is 54.7 Å². The molecule has 2 N–H and O–H groups in total. The lowest BCUT2D eigenvalue weighted by Crippen LogP contribution is -2.34. The van der Waals surface area contributed by atoms with Gasteiger partial charge in [0.05, 0.1) is 33.7 Å². The highest BCUT2D eigenvalue weighted by Gasteiger charge is 2.21. The zero-order valence-corrected chi connectivity index (χ0v) is 20.1. The van der Waals surface area contributed by atoms with Gasteiger partial charge >= 0.3 is 0 Å². The Bertz CT molecular complexity index is 1370. The third-order valence-electron chi connectivity index (χ3n) is 5.27. The van der Waals surface area contributed by atoms with Crippen molar-refractivity contribution in [1.29, 1.82) is 0 Å². The van der Waals surface area contributed by atoms with Gasteiger partial charge in [0, 0.05) is 17.3 Å². The van der Waals surface area contributed by atoms with E-state index in [1.165, 1.54) is 0 Å². The molecule has 2 aromatic carbocycles. The predicted molar refractivity (Wildman–Crippen MR) is 132 cm³/mol. The number of nitrogens with one attached hydrogen (secondary N) is 2. The monoisotopic (exact) mass is 476 g/mol. The van der Waals surface area contributed by atoms with E-state index in [9.17, 15) is 9.59 Å². The first-order valence-corrected chi connectivity index (χ1v) is 11.2. The van der Waals surface area contributed by atoms with E-state index in [0.717, 1.165) is 22.2 Å². The van der Waals surface area contributed by atoms with E-state index in [0.29, 0.717) is 28.6 Å². The first kappa shape index (κ1) is 23.4. The standard InChI is InChI=1S/C25H25ClN6O2/c1-15-8-11-22(31-30-15)32-21-7-5-6-20(18(21)14-28-32)29-23(33)17-12-16(9-10-19(17)26)13-27-24(34)25(2,3)4/h5-12,14H,13H2,1-4H3,(H,27,34)(H,29,33). The van der Waals surface area contributed by atoms with E-state index >= 15 is 0 Å². The SMILES string of the molecule is Cc1ccc(-n2ncc3c(NC(=O)c4cc(CNC(=O)C(C)(C)C)ccc4Cl)cccc32)nn1. The number of carbonyl (C=O) groups excluding carboxylic acids is 2. The molecular formula is C25H25ClN6O2. The summed E-state index contributed by atoms with van der Waals surface area (Å²) in [5, 5.41) is 19.6. The maximum atomic E-state index is 13.1. The molecule has 2 amide bonds. The van der Waals surface area contributed by atoms with Crippen LogP contribution in [-0.2, 0) is 11.3 Å². The maximum Gasteiger partial charge on any atom is 0.257 e. The number of anilines is 1. The molecule has 2 aromatic heterocycles. The second-order valence-corrected chi connectivity index (χ2v) is 9.44. The Morgan fingerprint density at radius 3 is 2.56 bits per heavy atom. The van der Waals surface area contributed by atoms with Crippen molar-refractivity contribution in [2.45, 2.75) is 34.2 Å². The van der Waals surface area contributed by atoms with Crippen molar-refractivity contribution in [1.82, 2.24) is 25.3 Å². The van der Waals surface area contributed by atoms with Gasteiger partial charge in [-0.05, 0) is 48.9 Å². The van der Waals surface area contributed by atoms with E-state index in [2.05, 4.69) is 25.9 Å². The zero-order valence-electron chi connectivity index (χ0n) is 19.4. The average Bonchev–Trinajstić information content (AvgIpc) is 3.23. The van der Waals surface area contributed by atoms with Crippen molar-refractivity contribution in [2.75, 3.05) is 5.32 Å². The number of aromatic nitrogens is 4. The Kier molecular flexibility index (Phi) is 6.34. The molecule has 0 unspecified atom stereocenters. The second-order valence-electron chi connectivity index (χ2n) is 9.03.